The highest BCUT2D eigenvalue weighted by atomic mass is 16.1. The van der Waals surface area contributed by atoms with E-state index in [0.717, 1.165) is 17.7 Å². The summed E-state index contributed by atoms with van der Waals surface area (Å²) in [5, 5.41) is 0. The van der Waals surface area contributed by atoms with Crippen LogP contribution in [0, 0.1) is 6.92 Å². The molecule has 0 amide bonds. The first-order chi connectivity index (χ1) is 6.24. The van der Waals surface area contributed by atoms with Crippen LogP contribution < -0.4 is 5.56 Å². The summed E-state index contributed by atoms with van der Waals surface area (Å²) in [6.07, 6.45) is 4.27. The molecule has 0 aliphatic carbocycles. The van der Waals surface area contributed by atoms with Gasteiger partial charge in [-0.3, -0.25) is 14.2 Å². The summed E-state index contributed by atoms with van der Waals surface area (Å²) in [5.41, 5.74) is 1.77. The fourth-order valence-electron chi connectivity index (χ4n) is 1.57. The summed E-state index contributed by atoms with van der Waals surface area (Å²) < 4.78 is 1.89. The molecule has 0 aromatic carbocycles. The van der Waals surface area contributed by atoms with Crippen LogP contribution in [0.1, 0.15) is 18.2 Å². The first-order valence-corrected chi connectivity index (χ1v) is 4.29. The van der Waals surface area contributed by atoms with Crippen molar-refractivity contribution in [1.29, 1.82) is 0 Å². The second kappa shape index (κ2) is 2.73. The van der Waals surface area contributed by atoms with Crippen molar-refractivity contribution in [2.24, 2.45) is 0 Å². The van der Waals surface area contributed by atoms with Gasteiger partial charge in [-0.25, -0.2) is 4.98 Å². The minimum absolute atomic E-state index is 0.0290. The summed E-state index contributed by atoms with van der Waals surface area (Å²) in [6, 6.07) is 0. The van der Waals surface area contributed by atoms with Crippen molar-refractivity contribution in [1.82, 2.24) is 14.4 Å². The molecule has 0 fully saturated rings. The number of nitrogens with zero attached hydrogens (tertiary/aromatic N) is 2. The third kappa shape index (κ3) is 1.06. The molecule has 2 aromatic heterocycles. The van der Waals surface area contributed by atoms with Crippen molar-refractivity contribution >= 4 is 5.78 Å². The van der Waals surface area contributed by atoms with Gasteiger partial charge in [0.2, 0.25) is 5.78 Å². The second-order valence-electron chi connectivity index (χ2n) is 2.99. The molecular formula is C9H11N3O. The fraction of sp³-hybridized carbons (Fsp3) is 0.333. The van der Waals surface area contributed by atoms with E-state index in [1.165, 1.54) is 0 Å². The van der Waals surface area contributed by atoms with Crippen LogP contribution in [0.2, 0.25) is 0 Å². The molecule has 68 valence electrons. The SMILES string of the molecule is CCc1c(C)n2ccnc2[nH]c1=O. The molecule has 0 aliphatic heterocycles. The molecule has 0 radical (unpaired) electrons. The van der Waals surface area contributed by atoms with E-state index in [9.17, 15) is 4.79 Å². The van der Waals surface area contributed by atoms with E-state index in [1.54, 1.807) is 6.20 Å². The van der Waals surface area contributed by atoms with Crippen molar-refractivity contribution in [3.63, 3.8) is 0 Å². The molecule has 1 N–H and O–H groups in total. The standard InChI is InChI=1S/C9H11N3O/c1-3-7-6(2)12-5-4-10-9(12)11-8(7)13/h4-5H,3H2,1-2H3,(H,10,11,13). The molecule has 0 atom stereocenters. The lowest BCUT2D eigenvalue weighted by molar-refractivity contribution is 0.937. The minimum Gasteiger partial charge on any atom is -0.292 e. The predicted octanol–water partition coefficient (Wildman–Crippen LogP) is 0.893. The maximum Gasteiger partial charge on any atom is 0.255 e. The van der Waals surface area contributed by atoms with Gasteiger partial charge in [-0.05, 0) is 13.3 Å². The molecule has 0 saturated heterocycles. The zero-order valence-electron chi connectivity index (χ0n) is 7.66. The summed E-state index contributed by atoms with van der Waals surface area (Å²) in [6.45, 7) is 3.91. The van der Waals surface area contributed by atoms with Gasteiger partial charge in [0.15, 0.2) is 0 Å². The second-order valence-corrected chi connectivity index (χ2v) is 2.99. The van der Waals surface area contributed by atoms with Crippen LogP contribution in [-0.2, 0) is 6.42 Å². The lowest BCUT2D eigenvalue weighted by Gasteiger charge is -2.03. The monoisotopic (exact) mass is 177 g/mol. The Hall–Kier alpha value is -1.58. The molecule has 0 aliphatic rings. The van der Waals surface area contributed by atoms with Gasteiger partial charge in [-0.15, -0.1) is 0 Å². The average Bonchev–Trinajstić information content (AvgIpc) is 2.53. The van der Waals surface area contributed by atoms with Crippen LogP contribution in [0.5, 0.6) is 0 Å². The number of aryl methyl sites for hydroxylation is 1. The smallest absolute Gasteiger partial charge is 0.255 e. The summed E-state index contributed by atoms with van der Waals surface area (Å²) in [7, 11) is 0. The Balaban J connectivity index is 2.93. The topological polar surface area (TPSA) is 50.2 Å². The number of nitrogens with one attached hydrogen (secondary N) is 1. The Labute approximate surface area is 75.2 Å². The number of hydrogen-bond donors (Lipinski definition) is 1. The molecule has 13 heavy (non-hydrogen) atoms. The van der Waals surface area contributed by atoms with Crippen LogP contribution in [0.3, 0.4) is 0 Å². The van der Waals surface area contributed by atoms with E-state index in [2.05, 4.69) is 9.97 Å². The molecule has 2 heterocycles. The van der Waals surface area contributed by atoms with Crippen molar-refractivity contribution in [2.75, 3.05) is 0 Å². The van der Waals surface area contributed by atoms with Gasteiger partial charge in [0.1, 0.15) is 0 Å². The van der Waals surface area contributed by atoms with E-state index in [-0.39, 0.29) is 5.56 Å². The third-order valence-electron chi connectivity index (χ3n) is 2.29. The Morgan fingerprint density at radius 2 is 2.38 bits per heavy atom. The quantitative estimate of drug-likeness (QED) is 0.703. The minimum atomic E-state index is -0.0290. The van der Waals surface area contributed by atoms with E-state index < -0.39 is 0 Å². The maximum absolute atomic E-state index is 11.5. The molecule has 2 rings (SSSR count). The fourth-order valence-corrected chi connectivity index (χ4v) is 1.57. The normalized spacial score (nSPS) is 10.9. The largest absolute Gasteiger partial charge is 0.292 e. The zero-order valence-corrected chi connectivity index (χ0v) is 7.66. The number of H-pyrrole nitrogens is 1. The summed E-state index contributed by atoms with van der Waals surface area (Å²) in [4.78, 5) is 18.2. The molecule has 0 unspecified atom stereocenters. The highest BCUT2D eigenvalue weighted by Gasteiger charge is 2.06. The highest BCUT2D eigenvalue weighted by Crippen LogP contribution is 2.04. The number of fused-ring (bicyclic) bond motifs is 1. The van der Waals surface area contributed by atoms with Gasteiger partial charge < -0.3 is 0 Å². The highest BCUT2D eigenvalue weighted by molar-refractivity contribution is 5.33. The van der Waals surface area contributed by atoms with E-state index in [4.69, 9.17) is 0 Å². The lowest BCUT2D eigenvalue weighted by Crippen LogP contribution is -2.17. The Kier molecular flexibility index (Phi) is 1.69. The van der Waals surface area contributed by atoms with Crippen LogP contribution in [0.15, 0.2) is 17.2 Å². The molecule has 0 bridgehead atoms. The molecule has 2 aromatic rings. The average molecular weight is 177 g/mol. The van der Waals surface area contributed by atoms with E-state index >= 15 is 0 Å². The number of aromatic amines is 1. The summed E-state index contributed by atoms with van der Waals surface area (Å²) in [5.74, 6) is 0.611. The van der Waals surface area contributed by atoms with Gasteiger partial charge in [0.05, 0.1) is 0 Å². The van der Waals surface area contributed by atoms with Gasteiger partial charge in [0.25, 0.3) is 5.56 Å². The molecule has 0 saturated carbocycles. The van der Waals surface area contributed by atoms with Crippen molar-refractivity contribution in [3.8, 4) is 0 Å². The third-order valence-corrected chi connectivity index (χ3v) is 2.29. The van der Waals surface area contributed by atoms with Crippen molar-refractivity contribution in [3.05, 3.63) is 34.0 Å². The van der Waals surface area contributed by atoms with Crippen molar-refractivity contribution in [2.45, 2.75) is 20.3 Å². The van der Waals surface area contributed by atoms with Gasteiger partial charge in [0, 0.05) is 23.7 Å². The number of aromatic nitrogens is 3. The first kappa shape index (κ1) is 8.04. The molecule has 0 spiro atoms. The summed E-state index contributed by atoms with van der Waals surface area (Å²) >= 11 is 0. The predicted molar refractivity (Wildman–Crippen MR) is 49.9 cm³/mol. The lowest BCUT2D eigenvalue weighted by atomic mass is 10.2. The van der Waals surface area contributed by atoms with Crippen LogP contribution >= 0.6 is 0 Å². The Morgan fingerprint density at radius 3 is 3.08 bits per heavy atom. The Bertz CT molecular complexity index is 495. The van der Waals surface area contributed by atoms with Crippen LogP contribution in [0.25, 0.3) is 5.78 Å². The Morgan fingerprint density at radius 1 is 1.62 bits per heavy atom. The molecule has 4 heteroatoms. The van der Waals surface area contributed by atoms with Crippen LogP contribution in [0.4, 0.5) is 0 Å². The van der Waals surface area contributed by atoms with E-state index in [1.807, 2.05) is 24.4 Å². The number of hydrogen-bond acceptors (Lipinski definition) is 2. The molecule has 4 nitrogen and oxygen atoms in total. The van der Waals surface area contributed by atoms with E-state index in [0.29, 0.717) is 5.78 Å². The van der Waals surface area contributed by atoms with Gasteiger partial charge in [-0.2, -0.15) is 0 Å². The first-order valence-electron chi connectivity index (χ1n) is 4.29. The maximum atomic E-state index is 11.5. The number of rotatable bonds is 1. The zero-order chi connectivity index (χ0) is 9.42. The number of imidazole rings is 1. The van der Waals surface area contributed by atoms with Crippen molar-refractivity contribution < 1.29 is 0 Å². The van der Waals surface area contributed by atoms with Gasteiger partial charge >= 0.3 is 0 Å². The van der Waals surface area contributed by atoms with Crippen LogP contribution in [-0.4, -0.2) is 14.4 Å². The van der Waals surface area contributed by atoms with Gasteiger partial charge in [-0.1, -0.05) is 6.92 Å². The molecular weight excluding hydrogens is 166 g/mol.